The van der Waals surface area contributed by atoms with E-state index in [0.717, 1.165) is 6.29 Å². The first-order valence-electron chi connectivity index (χ1n) is 2.82. The molecule has 3 nitrogen and oxygen atoms in total. The minimum atomic E-state index is 0. The van der Waals surface area contributed by atoms with Crippen molar-refractivity contribution in [1.82, 2.24) is 0 Å². The highest BCUT2D eigenvalue weighted by Crippen LogP contribution is 1.99. The third-order valence-electron chi connectivity index (χ3n) is 1.18. The summed E-state index contributed by atoms with van der Waals surface area (Å²) < 4.78 is 0. The number of benzene rings is 1. The quantitative estimate of drug-likeness (QED) is 0.547. The lowest BCUT2D eigenvalue weighted by molar-refractivity contribution is 0.112. The Hall–Kier alpha value is -1.66. The van der Waals surface area contributed by atoms with Crippen LogP contribution in [0.3, 0.4) is 0 Å². The average molecular weight is 149 g/mol. The molecule has 0 bridgehead atoms. The molecule has 0 aliphatic carbocycles. The van der Waals surface area contributed by atoms with E-state index in [9.17, 15) is 4.79 Å². The molecule has 1 aromatic rings. The topological polar surface area (TPSA) is 72.4 Å². The number of hydrogen-bond acceptors (Lipinski definition) is 2. The molecule has 0 radical (unpaired) electrons. The fourth-order valence-electron chi connectivity index (χ4n) is 0.636. The summed E-state index contributed by atoms with van der Waals surface area (Å²) in [6.45, 7) is 0. The third kappa shape index (κ3) is 2.20. The van der Waals surface area contributed by atoms with Gasteiger partial charge < -0.3 is 5.48 Å². The van der Waals surface area contributed by atoms with Crippen LogP contribution in [0.25, 0.3) is 0 Å². The van der Waals surface area contributed by atoms with Crippen LogP contribution in [0.5, 0.6) is 0 Å². The molecule has 0 saturated carbocycles. The Balaban J connectivity index is 0.000001000. The SMILES string of the molecule is N#Cc1ccc(C=O)cc1.O. The molecule has 56 valence electrons. The highest BCUT2D eigenvalue weighted by atomic mass is 16.1. The van der Waals surface area contributed by atoms with E-state index >= 15 is 0 Å². The van der Waals surface area contributed by atoms with Crippen LogP contribution in [-0.2, 0) is 0 Å². The van der Waals surface area contributed by atoms with Gasteiger partial charge in [-0.2, -0.15) is 5.26 Å². The lowest BCUT2D eigenvalue weighted by atomic mass is 10.2. The summed E-state index contributed by atoms with van der Waals surface area (Å²) in [6, 6.07) is 8.43. The van der Waals surface area contributed by atoms with Crippen LogP contribution < -0.4 is 0 Å². The maximum absolute atomic E-state index is 10.1. The zero-order valence-corrected chi connectivity index (χ0v) is 5.74. The Morgan fingerprint density at radius 2 is 1.82 bits per heavy atom. The Bertz CT molecular complexity index is 271. The lowest BCUT2D eigenvalue weighted by Crippen LogP contribution is -1.78. The van der Waals surface area contributed by atoms with Gasteiger partial charge in [-0.1, -0.05) is 12.1 Å². The van der Waals surface area contributed by atoms with Gasteiger partial charge in [-0.05, 0) is 12.1 Å². The van der Waals surface area contributed by atoms with E-state index in [2.05, 4.69) is 0 Å². The van der Waals surface area contributed by atoms with E-state index < -0.39 is 0 Å². The van der Waals surface area contributed by atoms with Crippen LogP contribution >= 0.6 is 0 Å². The Kier molecular flexibility index (Phi) is 3.57. The summed E-state index contributed by atoms with van der Waals surface area (Å²) in [7, 11) is 0. The molecule has 11 heavy (non-hydrogen) atoms. The number of aldehydes is 1. The van der Waals surface area contributed by atoms with Gasteiger partial charge in [0.25, 0.3) is 0 Å². The summed E-state index contributed by atoms with van der Waals surface area (Å²) in [4.78, 5) is 10.1. The van der Waals surface area contributed by atoms with Gasteiger partial charge in [-0.15, -0.1) is 0 Å². The fourth-order valence-corrected chi connectivity index (χ4v) is 0.636. The summed E-state index contributed by atoms with van der Waals surface area (Å²) in [5, 5.41) is 8.36. The molecule has 0 amide bonds. The second kappa shape index (κ2) is 4.20. The molecule has 2 N–H and O–H groups in total. The van der Waals surface area contributed by atoms with Crippen LogP contribution in [0.1, 0.15) is 15.9 Å². The number of carbonyl (C=O) groups excluding carboxylic acids is 1. The monoisotopic (exact) mass is 149 g/mol. The zero-order valence-electron chi connectivity index (χ0n) is 5.74. The van der Waals surface area contributed by atoms with E-state index in [0.29, 0.717) is 11.1 Å². The van der Waals surface area contributed by atoms with E-state index in [4.69, 9.17) is 5.26 Å². The molecule has 0 aliphatic heterocycles. The molecule has 0 heterocycles. The highest BCUT2D eigenvalue weighted by Gasteiger charge is 1.88. The van der Waals surface area contributed by atoms with Crippen LogP contribution in [0.15, 0.2) is 24.3 Å². The predicted octanol–water partition coefficient (Wildman–Crippen LogP) is 0.546. The molecule has 0 unspecified atom stereocenters. The number of nitrogens with zero attached hydrogens (tertiary/aromatic N) is 1. The van der Waals surface area contributed by atoms with Crippen molar-refractivity contribution in [2.24, 2.45) is 0 Å². The first kappa shape index (κ1) is 9.34. The van der Waals surface area contributed by atoms with Crippen molar-refractivity contribution in [2.75, 3.05) is 0 Å². The van der Waals surface area contributed by atoms with Crippen molar-refractivity contribution < 1.29 is 10.3 Å². The predicted molar refractivity (Wildman–Crippen MR) is 40.2 cm³/mol. The van der Waals surface area contributed by atoms with Crippen molar-refractivity contribution in [3.63, 3.8) is 0 Å². The van der Waals surface area contributed by atoms with Crippen molar-refractivity contribution >= 4 is 6.29 Å². The van der Waals surface area contributed by atoms with Gasteiger partial charge in [0.1, 0.15) is 6.29 Å². The minimum Gasteiger partial charge on any atom is -0.412 e. The largest absolute Gasteiger partial charge is 0.412 e. The van der Waals surface area contributed by atoms with Gasteiger partial charge in [0.2, 0.25) is 0 Å². The summed E-state index contributed by atoms with van der Waals surface area (Å²) >= 11 is 0. The standard InChI is InChI=1S/C8H5NO.H2O/c9-5-7-1-3-8(6-10)4-2-7;/h1-4,6H;1H2. The molecule has 0 aliphatic rings. The second-order valence-electron chi connectivity index (χ2n) is 1.85. The van der Waals surface area contributed by atoms with Crippen LogP contribution in [0.2, 0.25) is 0 Å². The van der Waals surface area contributed by atoms with Crippen LogP contribution in [0, 0.1) is 11.3 Å². The maximum Gasteiger partial charge on any atom is 0.150 e. The Labute approximate surface area is 64.2 Å². The van der Waals surface area contributed by atoms with Gasteiger partial charge in [-0.25, -0.2) is 0 Å². The first-order valence-corrected chi connectivity index (χ1v) is 2.82. The molecule has 1 rings (SSSR count). The Morgan fingerprint density at radius 3 is 2.18 bits per heavy atom. The number of hydrogen-bond donors (Lipinski definition) is 0. The molecular formula is C8H7NO2. The molecular weight excluding hydrogens is 142 g/mol. The molecule has 0 saturated heterocycles. The maximum atomic E-state index is 10.1. The number of carbonyl (C=O) groups is 1. The van der Waals surface area contributed by atoms with Crippen LogP contribution in [0.4, 0.5) is 0 Å². The van der Waals surface area contributed by atoms with Gasteiger partial charge >= 0.3 is 0 Å². The molecule has 0 spiro atoms. The molecule has 3 heteroatoms. The zero-order chi connectivity index (χ0) is 7.40. The van der Waals surface area contributed by atoms with E-state index in [-0.39, 0.29) is 5.48 Å². The lowest BCUT2D eigenvalue weighted by Gasteiger charge is -1.87. The van der Waals surface area contributed by atoms with Crippen molar-refractivity contribution in [3.8, 4) is 6.07 Å². The van der Waals surface area contributed by atoms with Gasteiger partial charge in [0.15, 0.2) is 0 Å². The molecule has 0 aromatic heterocycles. The normalized spacial score (nSPS) is 7.55. The summed E-state index contributed by atoms with van der Waals surface area (Å²) in [5.41, 5.74) is 1.17. The van der Waals surface area contributed by atoms with Gasteiger partial charge in [-0.3, -0.25) is 4.79 Å². The average Bonchev–Trinajstić information content (AvgIpc) is 2.05. The van der Waals surface area contributed by atoms with Gasteiger partial charge in [0.05, 0.1) is 11.6 Å². The molecule has 1 aromatic carbocycles. The van der Waals surface area contributed by atoms with Gasteiger partial charge in [0, 0.05) is 5.56 Å². The third-order valence-corrected chi connectivity index (χ3v) is 1.18. The van der Waals surface area contributed by atoms with Crippen molar-refractivity contribution in [3.05, 3.63) is 35.4 Å². The van der Waals surface area contributed by atoms with E-state index in [1.54, 1.807) is 24.3 Å². The number of rotatable bonds is 1. The number of nitriles is 1. The van der Waals surface area contributed by atoms with Crippen molar-refractivity contribution in [1.29, 1.82) is 5.26 Å². The highest BCUT2D eigenvalue weighted by molar-refractivity contribution is 5.74. The fraction of sp³-hybridized carbons (Fsp3) is 0. The minimum absolute atomic E-state index is 0. The van der Waals surface area contributed by atoms with E-state index in [1.165, 1.54) is 0 Å². The smallest absolute Gasteiger partial charge is 0.150 e. The Morgan fingerprint density at radius 1 is 1.27 bits per heavy atom. The molecule has 0 fully saturated rings. The first-order chi connectivity index (χ1) is 4.86. The van der Waals surface area contributed by atoms with Crippen LogP contribution in [-0.4, -0.2) is 11.8 Å². The second-order valence-corrected chi connectivity index (χ2v) is 1.85. The summed E-state index contributed by atoms with van der Waals surface area (Å²) in [5.74, 6) is 0. The van der Waals surface area contributed by atoms with E-state index in [1.807, 2.05) is 6.07 Å². The summed E-state index contributed by atoms with van der Waals surface area (Å²) in [6.07, 6.45) is 0.751. The van der Waals surface area contributed by atoms with Crippen molar-refractivity contribution in [2.45, 2.75) is 0 Å². The molecule has 0 atom stereocenters.